The van der Waals surface area contributed by atoms with Crippen molar-refractivity contribution in [1.82, 2.24) is 10.2 Å². The van der Waals surface area contributed by atoms with E-state index < -0.39 is 23.4 Å². The number of carbonyl (C=O) groups is 1. The Morgan fingerprint density at radius 1 is 1.31 bits per heavy atom. The zero-order chi connectivity index (χ0) is 19.1. The zero-order valence-corrected chi connectivity index (χ0v) is 15.6. The van der Waals surface area contributed by atoms with Gasteiger partial charge in [-0.25, -0.2) is 0 Å². The number of hydrogen-bond donors (Lipinski definition) is 3. The molecule has 1 aliphatic rings. The molecular formula is C20H26N2O4. The Balaban J connectivity index is 2.16. The second-order valence-corrected chi connectivity index (χ2v) is 7.54. The number of esters is 1. The molecule has 0 unspecified atom stereocenters. The molecule has 6 nitrogen and oxygen atoms in total. The van der Waals surface area contributed by atoms with Crippen LogP contribution in [0.1, 0.15) is 56.0 Å². The van der Waals surface area contributed by atoms with E-state index in [1.54, 1.807) is 20.8 Å². The first kappa shape index (κ1) is 18.5. The molecule has 0 bridgehead atoms. The van der Waals surface area contributed by atoms with Crippen molar-refractivity contribution in [3.8, 4) is 0 Å². The monoisotopic (exact) mass is 358 g/mol. The lowest BCUT2D eigenvalue weighted by Crippen LogP contribution is -2.50. The highest BCUT2D eigenvalue weighted by Gasteiger charge is 2.51. The highest BCUT2D eigenvalue weighted by atomic mass is 16.5. The number of H-pyrrole nitrogens is 2. The Morgan fingerprint density at radius 3 is 2.54 bits per heavy atom. The van der Waals surface area contributed by atoms with Crippen molar-refractivity contribution in [2.24, 2.45) is 5.92 Å². The van der Waals surface area contributed by atoms with Gasteiger partial charge >= 0.3 is 5.97 Å². The van der Waals surface area contributed by atoms with Gasteiger partial charge in [-0.3, -0.25) is 14.7 Å². The van der Waals surface area contributed by atoms with Crippen LogP contribution < -0.4 is 5.56 Å². The van der Waals surface area contributed by atoms with Gasteiger partial charge < -0.3 is 14.9 Å². The number of benzene rings is 1. The average Bonchev–Trinajstić information content (AvgIpc) is 2.92. The van der Waals surface area contributed by atoms with Crippen molar-refractivity contribution in [2.45, 2.75) is 58.2 Å². The molecule has 26 heavy (non-hydrogen) atoms. The molecule has 1 aromatic carbocycles. The van der Waals surface area contributed by atoms with E-state index in [0.717, 1.165) is 12.0 Å². The fourth-order valence-corrected chi connectivity index (χ4v) is 3.88. The lowest BCUT2D eigenvalue weighted by molar-refractivity contribution is -0.163. The molecule has 0 spiro atoms. The van der Waals surface area contributed by atoms with Gasteiger partial charge in [-0.15, -0.1) is 0 Å². The van der Waals surface area contributed by atoms with E-state index in [4.69, 9.17) is 4.74 Å². The molecule has 140 valence electrons. The van der Waals surface area contributed by atoms with Crippen molar-refractivity contribution in [3.05, 3.63) is 57.0 Å². The second kappa shape index (κ2) is 6.76. The van der Waals surface area contributed by atoms with Crippen LogP contribution in [0.4, 0.5) is 0 Å². The van der Waals surface area contributed by atoms with E-state index in [2.05, 4.69) is 17.1 Å². The summed E-state index contributed by atoms with van der Waals surface area (Å²) in [4.78, 5) is 25.3. The van der Waals surface area contributed by atoms with Crippen LogP contribution in [-0.4, -0.2) is 33.0 Å². The first-order valence-corrected chi connectivity index (χ1v) is 9.05. The number of rotatable bonds is 4. The maximum atomic E-state index is 12.9. The molecule has 0 radical (unpaired) electrons. The van der Waals surface area contributed by atoms with Gasteiger partial charge in [0, 0.05) is 23.6 Å². The summed E-state index contributed by atoms with van der Waals surface area (Å²) in [5, 5.41) is 16.5. The van der Waals surface area contributed by atoms with Crippen molar-refractivity contribution < 1.29 is 14.6 Å². The first-order valence-electron chi connectivity index (χ1n) is 9.05. The summed E-state index contributed by atoms with van der Waals surface area (Å²) in [7, 11) is 0. The molecule has 0 saturated heterocycles. The summed E-state index contributed by atoms with van der Waals surface area (Å²) in [5.41, 5.74) is 1.53. The van der Waals surface area contributed by atoms with Gasteiger partial charge in [0.1, 0.15) is 0 Å². The number of fused-ring (bicyclic) bond motifs is 1. The van der Waals surface area contributed by atoms with E-state index in [0.29, 0.717) is 11.3 Å². The highest BCUT2D eigenvalue weighted by molar-refractivity contribution is 5.77. The average molecular weight is 358 g/mol. The maximum absolute atomic E-state index is 12.9. The number of aliphatic hydroxyl groups is 1. The van der Waals surface area contributed by atoms with E-state index in [9.17, 15) is 14.7 Å². The van der Waals surface area contributed by atoms with Gasteiger partial charge in [0.05, 0.1) is 17.6 Å². The number of aromatic nitrogens is 2. The van der Waals surface area contributed by atoms with E-state index in [1.807, 2.05) is 24.3 Å². The summed E-state index contributed by atoms with van der Waals surface area (Å²) in [6.07, 6.45) is 0.785. The third-order valence-corrected chi connectivity index (χ3v) is 5.10. The number of nitrogens with one attached hydrogen (secondary N) is 2. The van der Waals surface area contributed by atoms with Gasteiger partial charge in [-0.05, 0) is 38.3 Å². The third kappa shape index (κ3) is 3.21. The second-order valence-electron chi connectivity index (χ2n) is 7.54. The van der Waals surface area contributed by atoms with Crippen LogP contribution in [0.5, 0.6) is 0 Å². The van der Waals surface area contributed by atoms with Crippen LogP contribution in [0.25, 0.3) is 0 Å². The van der Waals surface area contributed by atoms with Gasteiger partial charge in [0.25, 0.3) is 5.56 Å². The maximum Gasteiger partial charge on any atom is 0.313 e. The lowest BCUT2D eigenvalue weighted by Gasteiger charge is -2.40. The Hall–Kier alpha value is -2.34. The van der Waals surface area contributed by atoms with Crippen LogP contribution in [0.15, 0.2) is 29.1 Å². The fourth-order valence-electron chi connectivity index (χ4n) is 3.88. The van der Waals surface area contributed by atoms with Gasteiger partial charge in [0.2, 0.25) is 0 Å². The largest absolute Gasteiger partial charge is 0.463 e. The minimum absolute atomic E-state index is 0.183. The molecule has 1 aromatic heterocycles. The predicted molar refractivity (Wildman–Crippen MR) is 98.1 cm³/mol. The molecular weight excluding hydrogens is 332 g/mol. The van der Waals surface area contributed by atoms with Gasteiger partial charge in [-0.1, -0.05) is 31.2 Å². The molecule has 3 atom stereocenters. The van der Waals surface area contributed by atoms with Crippen LogP contribution in [0.2, 0.25) is 0 Å². The van der Waals surface area contributed by atoms with E-state index in [1.165, 1.54) is 5.56 Å². The molecule has 1 heterocycles. The lowest BCUT2D eigenvalue weighted by atomic mass is 9.66. The van der Waals surface area contributed by atoms with Crippen LogP contribution in [0, 0.1) is 5.92 Å². The van der Waals surface area contributed by atoms with E-state index >= 15 is 0 Å². The molecule has 0 fully saturated rings. The standard InChI is InChI=1S/C20H26N2O4/c1-5-12-6-8-13(9-7-12)15-16-14(21-22-18(16)23)10-20(4,25)17(15)19(24)26-11(2)3/h6-9,11,15,17,25H,5,10H2,1-4H3,(H2,21,22,23)/t15-,17+,20-/m1/s1. The molecule has 1 aliphatic carbocycles. The van der Waals surface area contributed by atoms with Crippen LogP contribution in [-0.2, 0) is 22.4 Å². The fraction of sp³-hybridized carbons (Fsp3) is 0.500. The van der Waals surface area contributed by atoms with Gasteiger partial charge in [0.15, 0.2) is 0 Å². The smallest absolute Gasteiger partial charge is 0.313 e. The molecule has 3 N–H and O–H groups in total. The Morgan fingerprint density at radius 2 is 1.96 bits per heavy atom. The molecule has 0 amide bonds. The minimum Gasteiger partial charge on any atom is -0.463 e. The van der Waals surface area contributed by atoms with Crippen molar-refractivity contribution in [3.63, 3.8) is 0 Å². The van der Waals surface area contributed by atoms with E-state index in [-0.39, 0.29) is 18.1 Å². The summed E-state index contributed by atoms with van der Waals surface area (Å²) in [6.45, 7) is 7.24. The number of aryl methyl sites for hydroxylation is 1. The molecule has 6 heteroatoms. The van der Waals surface area contributed by atoms with Crippen molar-refractivity contribution in [2.75, 3.05) is 0 Å². The number of ether oxygens (including phenoxy) is 1. The summed E-state index contributed by atoms with van der Waals surface area (Å²) < 4.78 is 5.43. The SMILES string of the molecule is CCc1ccc([C@@H]2c3c([nH][nH]c3=O)C[C@@](C)(O)[C@@H]2C(=O)OC(C)C)cc1. The van der Waals surface area contributed by atoms with Crippen molar-refractivity contribution in [1.29, 1.82) is 0 Å². The minimum atomic E-state index is -1.34. The number of hydrogen-bond acceptors (Lipinski definition) is 4. The molecule has 0 saturated carbocycles. The predicted octanol–water partition coefficient (Wildman–Crippen LogP) is 2.27. The molecule has 2 aromatic rings. The zero-order valence-electron chi connectivity index (χ0n) is 15.6. The third-order valence-electron chi connectivity index (χ3n) is 5.10. The summed E-state index contributed by atoms with van der Waals surface area (Å²) in [5.74, 6) is -1.91. The van der Waals surface area contributed by atoms with Gasteiger partial charge in [-0.2, -0.15) is 0 Å². The Labute approximate surface area is 152 Å². The first-order chi connectivity index (χ1) is 12.2. The van der Waals surface area contributed by atoms with Crippen LogP contribution in [0.3, 0.4) is 0 Å². The summed E-state index contributed by atoms with van der Waals surface area (Å²) >= 11 is 0. The topological polar surface area (TPSA) is 95.2 Å². The highest BCUT2D eigenvalue weighted by Crippen LogP contribution is 2.44. The van der Waals surface area contributed by atoms with Crippen LogP contribution >= 0.6 is 0 Å². The van der Waals surface area contributed by atoms with Crippen molar-refractivity contribution >= 4 is 5.97 Å². The summed E-state index contributed by atoms with van der Waals surface area (Å²) in [6, 6.07) is 7.83. The number of aromatic amines is 2. The molecule has 0 aliphatic heterocycles. The number of carbonyl (C=O) groups excluding carboxylic acids is 1. The Kier molecular flexibility index (Phi) is 4.80. The Bertz CT molecular complexity index is 845. The molecule has 3 rings (SSSR count). The quantitative estimate of drug-likeness (QED) is 0.731. The normalized spacial score (nSPS) is 25.2.